The zero-order chi connectivity index (χ0) is 16.0. The minimum atomic E-state index is -5.08. The molecule has 1 aromatic carbocycles. The number of rotatable bonds is 1. The highest BCUT2D eigenvalue weighted by molar-refractivity contribution is 5.97. The fourth-order valence-electron chi connectivity index (χ4n) is 1.32. The van der Waals surface area contributed by atoms with Crippen molar-refractivity contribution >= 4 is 23.7 Å². The molecular formula is C13H10F3NO4. The van der Waals surface area contributed by atoms with Crippen molar-refractivity contribution in [3.63, 3.8) is 0 Å². The SMILES string of the molecule is O=C(O)C(F)(F)F.O=C(O)C1=Cc2ccccc2NC=C1. The van der Waals surface area contributed by atoms with E-state index in [1.165, 1.54) is 0 Å². The predicted molar refractivity (Wildman–Crippen MR) is 68.5 cm³/mol. The third-order valence-corrected chi connectivity index (χ3v) is 2.26. The number of carbonyl (C=O) groups is 2. The minimum Gasteiger partial charge on any atom is -0.478 e. The first-order chi connectivity index (χ1) is 9.71. The van der Waals surface area contributed by atoms with E-state index in [-0.39, 0.29) is 5.57 Å². The van der Waals surface area contributed by atoms with E-state index in [0.717, 1.165) is 11.3 Å². The Morgan fingerprint density at radius 2 is 1.67 bits per heavy atom. The molecule has 0 saturated heterocycles. The zero-order valence-electron chi connectivity index (χ0n) is 10.4. The van der Waals surface area contributed by atoms with Crippen LogP contribution in [0.4, 0.5) is 18.9 Å². The Hall–Kier alpha value is -2.77. The second kappa shape index (κ2) is 6.60. The number of carboxylic acids is 2. The molecule has 0 aliphatic carbocycles. The number of halogens is 3. The van der Waals surface area contributed by atoms with Gasteiger partial charge in [0.2, 0.25) is 0 Å². The van der Waals surface area contributed by atoms with Crippen molar-refractivity contribution in [2.75, 3.05) is 5.32 Å². The summed E-state index contributed by atoms with van der Waals surface area (Å²) in [7, 11) is 0. The fraction of sp³-hybridized carbons (Fsp3) is 0.0769. The van der Waals surface area contributed by atoms with Gasteiger partial charge in [0.15, 0.2) is 0 Å². The first-order valence-electron chi connectivity index (χ1n) is 5.49. The number of alkyl halides is 3. The molecule has 0 fully saturated rings. The third-order valence-electron chi connectivity index (χ3n) is 2.26. The summed E-state index contributed by atoms with van der Waals surface area (Å²) in [6.45, 7) is 0. The van der Waals surface area contributed by atoms with Crippen molar-refractivity contribution < 1.29 is 33.0 Å². The second-order valence-corrected chi connectivity index (χ2v) is 3.77. The molecule has 0 aromatic heterocycles. The Bertz CT molecular complexity index is 606. The maximum Gasteiger partial charge on any atom is 0.490 e. The van der Waals surface area contributed by atoms with Crippen LogP contribution < -0.4 is 5.32 Å². The molecule has 1 aliphatic heterocycles. The molecule has 0 unspecified atom stereocenters. The average molecular weight is 301 g/mol. The maximum absolute atomic E-state index is 10.8. The largest absolute Gasteiger partial charge is 0.490 e. The van der Waals surface area contributed by atoms with Gasteiger partial charge in [-0.15, -0.1) is 0 Å². The van der Waals surface area contributed by atoms with Crippen molar-refractivity contribution in [3.05, 3.63) is 47.7 Å². The van der Waals surface area contributed by atoms with Crippen LogP contribution >= 0.6 is 0 Å². The van der Waals surface area contributed by atoms with Crippen LogP contribution in [0.1, 0.15) is 5.56 Å². The van der Waals surface area contributed by atoms with Crippen LogP contribution in [0.3, 0.4) is 0 Å². The second-order valence-electron chi connectivity index (χ2n) is 3.77. The van der Waals surface area contributed by atoms with Crippen molar-refractivity contribution in [1.82, 2.24) is 0 Å². The van der Waals surface area contributed by atoms with Gasteiger partial charge in [-0.25, -0.2) is 9.59 Å². The fourth-order valence-corrected chi connectivity index (χ4v) is 1.32. The third kappa shape index (κ3) is 5.01. The van der Waals surface area contributed by atoms with E-state index in [2.05, 4.69) is 5.32 Å². The molecule has 1 heterocycles. The van der Waals surface area contributed by atoms with Crippen LogP contribution in [0.25, 0.3) is 6.08 Å². The molecule has 21 heavy (non-hydrogen) atoms. The number of nitrogens with one attached hydrogen (secondary N) is 1. The van der Waals surface area contributed by atoms with Crippen LogP contribution in [-0.4, -0.2) is 28.3 Å². The van der Waals surface area contributed by atoms with Crippen molar-refractivity contribution in [2.45, 2.75) is 6.18 Å². The molecule has 0 radical (unpaired) electrons. The minimum absolute atomic E-state index is 0.280. The van der Waals surface area contributed by atoms with Crippen molar-refractivity contribution in [2.24, 2.45) is 0 Å². The number of hydrogen-bond acceptors (Lipinski definition) is 3. The van der Waals surface area contributed by atoms with E-state index >= 15 is 0 Å². The highest BCUT2D eigenvalue weighted by Crippen LogP contribution is 2.21. The summed E-state index contributed by atoms with van der Waals surface area (Å²) in [5.41, 5.74) is 2.08. The summed E-state index contributed by atoms with van der Waals surface area (Å²) >= 11 is 0. The summed E-state index contributed by atoms with van der Waals surface area (Å²) in [5, 5.41) is 19.0. The molecule has 0 saturated carbocycles. The van der Waals surface area contributed by atoms with Crippen LogP contribution in [-0.2, 0) is 9.59 Å². The number of anilines is 1. The molecule has 0 atom stereocenters. The molecule has 0 amide bonds. The van der Waals surface area contributed by atoms with Gasteiger partial charge in [-0.2, -0.15) is 13.2 Å². The van der Waals surface area contributed by atoms with E-state index in [1.54, 1.807) is 18.4 Å². The molecule has 8 heteroatoms. The normalized spacial score (nSPS) is 12.8. The lowest BCUT2D eigenvalue weighted by Gasteiger charge is -2.02. The van der Waals surface area contributed by atoms with Gasteiger partial charge in [-0.05, 0) is 23.8 Å². The van der Waals surface area contributed by atoms with E-state index in [0.29, 0.717) is 0 Å². The number of para-hydroxylation sites is 1. The maximum atomic E-state index is 10.8. The Kier molecular flexibility index (Phi) is 5.12. The molecule has 1 aromatic rings. The Morgan fingerprint density at radius 1 is 1.10 bits per heavy atom. The highest BCUT2D eigenvalue weighted by atomic mass is 19.4. The van der Waals surface area contributed by atoms with Gasteiger partial charge in [-0.3, -0.25) is 0 Å². The molecule has 5 nitrogen and oxygen atoms in total. The molecule has 3 N–H and O–H groups in total. The molecule has 2 rings (SSSR count). The quantitative estimate of drug-likeness (QED) is 0.742. The van der Waals surface area contributed by atoms with Crippen molar-refractivity contribution in [1.29, 1.82) is 0 Å². The van der Waals surface area contributed by atoms with Crippen LogP contribution in [0.5, 0.6) is 0 Å². The topological polar surface area (TPSA) is 86.6 Å². The van der Waals surface area contributed by atoms with Crippen LogP contribution in [0, 0.1) is 0 Å². The molecule has 112 valence electrons. The van der Waals surface area contributed by atoms with Gasteiger partial charge in [0, 0.05) is 11.9 Å². The van der Waals surface area contributed by atoms with Gasteiger partial charge in [0.1, 0.15) is 0 Å². The lowest BCUT2D eigenvalue weighted by atomic mass is 10.1. The average Bonchev–Trinajstić information content (AvgIpc) is 2.60. The van der Waals surface area contributed by atoms with Crippen LogP contribution in [0.15, 0.2) is 42.1 Å². The summed E-state index contributed by atoms with van der Waals surface area (Å²) in [6, 6.07) is 7.56. The first kappa shape index (κ1) is 16.3. The Labute approximate surface area is 117 Å². The Balaban J connectivity index is 0.000000270. The molecule has 1 aliphatic rings. The van der Waals surface area contributed by atoms with E-state index < -0.39 is 18.1 Å². The number of benzene rings is 1. The highest BCUT2D eigenvalue weighted by Gasteiger charge is 2.38. The first-order valence-corrected chi connectivity index (χ1v) is 5.49. The standard InChI is InChI=1S/C11H9NO2.C2HF3O2/c13-11(14)9-5-6-12-10-4-2-1-3-8(10)7-9;3-2(4,5)1(6)7/h1-7,12H,(H,13,14);(H,6,7). The molecule has 0 bridgehead atoms. The Morgan fingerprint density at radius 3 is 2.19 bits per heavy atom. The monoisotopic (exact) mass is 301 g/mol. The number of carboxylic acid groups (broad SMARTS) is 2. The predicted octanol–water partition coefficient (Wildman–Crippen LogP) is 2.73. The summed E-state index contributed by atoms with van der Waals surface area (Å²) in [6.07, 6.45) is -0.262. The zero-order valence-corrected chi connectivity index (χ0v) is 10.4. The summed E-state index contributed by atoms with van der Waals surface area (Å²) < 4.78 is 31.7. The van der Waals surface area contributed by atoms with E-state index in [9.17, 15) is 18.0 Å². The molecular weight excluding hydrogens is 291 g/mol. The lowest BCUT2D eigenvalue weighted by Crippen LogP contribution is -2.21. The van der Waals surface area contributed by atoms with Gasteiger partial charge >= 0.3 is 18.1 Å². The van der Waals surface area contributed by atoms with Gasteiger partial charge in [0.05, 0.1) is 5.57 Å². The number of aliphatic carboxylic acids is 2. The van der Waals surface area contributed by atoms with Gasteiger partial charge in [0.25, 0.3) is 0 Å². The van der Waals surface area contributed by atoms with E-state index in [1.807, 2.05) is 24.3 Å². The van der Waals surface area contributed by atoms with Gasteiger partial charge < -0.3 is 15.5 Å². The number of hydrogen-bond donors (Lipinski definition) is 3. The number of fused-ring (bicyclic) bond motifs is 1. The smallest absolute Gasteiger partial charge is 0.478 e. The van der Waals surface area contributed by atoms with Crippen LogP contribution in [0.2, 0.25) is 0 Å². The summed E-state index contributed by atoms with van der Waals surface area (Å²) in [5.74, 6) is -3.67. The lowest BCUT2D eigenvalue weighted by molar-refractivity contribution is -0.192. The van der Waals surface area contributed by atoms with Crippen molar-refractivity contribution in [3.8, 4) is 0 Å². The van der Waals surface area contributed by atoms with E-state index in [4.69, 9.17) is 15.0 Å². The molecule has 0 spiro atoms. The summed E-state index contributed by atoms with van der Waals surface area (Å²) in [4.78, 5) is 19.7. The van der Waals surface area contributed by atoms with Gasteiger partial charge in [-0.1, -0.05) is 18.2 Å².